The number of hydrogen-bond donors (Lipinski definition) is 5. The van der Waals surface area contributed by atoms with E-state index in [1.54, 1.807) is 0 Å². The van der Waals surface area contributed by atoms with E-state index in [0.29, 0.717) is 31.5 Å². The lowest BCUT2D eigenvalue weighted by Crippen LogP contribution is -2.57. The molecular weight excluding hydrogens is 404 g/mol. The van der Waals surface area contributed by atoms with Gasteiger partial charge in [-0.1, -0.05) is 13.8 Å². The van der Waals surface area contributed by atoms with Gasteiger partial charge >= 0.3 is 5.97 Å². The Hall–Kier alpha value is -2.95. The first-order valence-corrected chi connectivity index (χ1v) is 10.5. The van der Waals surface area contributed by atoms with Gasteiger partial charge in [-0.15, -0.1) is 0 Å². The maximum absolute atomic E-state index is 13.2. The van der Waals surface area contributed by atoms with E-state index in [1.807, 2.05) is 13.8 Å². The van der Waals surface area contributed by atoms with Crippen LogP contribution >= 0.6 is 0 Å². The summed E-state index contributed by atoms with van der Waals surface area (Å²) in [7, 11) is 0. The van der Waals surface area contributed by atoms with Gasteiger partial charge in [0.25, 0.3) is 0 Å². The van der Waals surface area contributed by atoms with Crippen LogP contribution < -0.4 is 16.4 Å². The molecule has 0 spiro atoms. The van der Waals surface area contributed by atoms with Crippen molar-refractivity contribution in [2.75, 3.05) is 6.54 Å². The largest absolute Gasteiger partial charge is 0.480 e. The Labute approximate surface area is 181 Å². The van der Waals surface area contributed by atoms with Crippen LogP contribution in [0.15, 0.2) is 12.5 Å². The van der Waals surface area contributed by atoms with E-state index < -0.39 is 42.0 Å². The van der Waals surface area contributed by atoms with Crippen LogP contribution in [0.2, 0.25) is 0 Å². The van der Waals surface area contributed by atoms with E-state index in [9.17, 15) is 24.3 Å². The summed E-state index contributed by atoms with van der Waals surface area (Å²) in [6, 6.07) is -3.51. The summed E-state index contributed by atoms with van der Waals surface area (Å²) in [5, 5.41) is 14.7. The van der Waals surface area contributed by atoms with Gasteiger partial charge in [0.2, 0.25) is 17.7 Å². The number of nitrogens with zero attached hydrogens (tertiary/aromatic N) is 2. The Bertz CT molecular complexity index is 779. The monoisotopic (exact) mass is 436 g/mol. The molecule has 11 nitrogen and oxygen atoms in total. The second kappa shape index (κ2) is 10.9. The Morgan fingerprint density at radius 3 is 2.52 bits per heavy atom. The fourth-order valence-corrected chi connectivity index (χ4v) is 3.58. The Balaban J connectivity index is 2.10. The molecule has 0 bridgehead atoms. The molecule has 0 unspecified atom stereocenters. The Morgan fingerprint density at radius 2 is 1.97 bits per heavy atom. The lowest BCUT2D eigenvalue weighted by Gasteiger charge is -2.30. The minimum Gasteiger partial charge on any atom is -0.480 e. The van der Waals surface area contributed by atoms with Crippen molar-refractivity contribution in [3.8, 4) is 0 Å². The molecule has 4 atom stereocenters. The van der Waals surface area contributed by atoms with E-state index in [1.165, 1.54) is 24.3 Å². The molecule has 0 saturated carbocycles. The molecular formula is C20H32N6O5. The number of aromatic nitrogens is 2. The number of carbonyl (C=O) groups is 4. The van der Waals surface area contributed by atoms with Crippen LogP contribution in [-0.4, -0.2) is 74.4 Å². The van der Waals surface area contributed by atoms with Crippen LogP contribution in [0.25, 0.3) is 0 Å². The van der Waals surface area contributed by atoms with Crippen LogP contribution in [0.1, 0.15) is 45.7 Å². The van der Waals surface area contributed by atoms with Crippen molar-refractivity contribution >= 4 is 23.7 Å². The minimum atomic E-state index is -1.18. The summed E-state index contributed by atoms with van der Waals surface area (Å²) in [5.74, 6) is -2.38. The van der Waals surface area contributed by atoms with Gasteiger partial charge in [-0.05, 0) is 32.1 Å². The van der Waals surface area contributed by atoms with Crippen molar-refractivity contribution in [3.63, 3.8) is 0 Å². The second-order valence-corrected chi connectivity index (χ2v) is 8.35. The minimum absolute atomic E-state index is 0.0438. The van der Waals surface area contributed by atoms with Crippen molar-refractivity contribution in [2.45, 2.75) is 70.6 Å². The molecule has 1 aromatic heterocycles. The second-order valence-electron chi connectivity index (χ2n) is 8.35. The molecule has 3 amide bonds. The predicted molar refractivity (Wildman–Crippen MR) is 112 cm³/mol. The van der Waals surface area contributed by atoms with Gasteiger partial charge in [0.1, 0.15) is 18.1 Å². The SMILES string of the molecule is CC(C)C[C@H](NC(=O)[C@H](C)N)C(=O)N1CCC[C@H]1C(=O)N[C@@H](Cc1cnc[nH]1)C(=O)O. The number of rotatable bonds is 10. The lowest BCUT2D eigenvalue weighted by molar-refractivity contribution is -0.145. The van der Waals surface area contributed by atoms with Gasteiger partial charge in [0.15, 0.2) is 0 Å². The van der Waals surface area contributed by atoms with Crippen LogP contribution in [0.3, 0.4) is 0 Å². The molecule has 2 rings (SSSR count). The first-order valence-electron chi connectivity index (χ1n) is 10.5. The number of imidazole rings is 1. The molecule has 0 aromatic carbocycles. The number of H-pyrrole nitrogens is 1. The number of carboxylic acid groups (broad SMARTS) is 1. The third-order valence-corrected chi connectivity index (χ3v) is 5.17. The molecule has 1 saturated heterocycles. The van der Waals surface area contributed by atoms with Gasteiger partial charge in [0, 0.05) is 24.9 Å². The molecule has 1 aliphatic heterocycles. The summed E-state index contributed by atoms with van der Waals surface area (Å²) >= 11 is 0. The number of amides is 3. The Kier molecular flexibility index (Phi) is 8.55. The number of nitrogens with two attached hydrogens (primary N) is 1. The van der Waals surface area contributed by atoms with Crippen molar-refractivity contribution in [1.82, 2.24) is 25.5 Å². The zero-order valence-corrected chi connectivity index (χ0v) is 18.1. The Morgan fingerprint density at radius 1 is 1.26 bits per heavy atom. The molecule has 1 aliphatic rings. The maximum atomic E-state index is 13.2. The highest BCUT2D eigenvalue weighted by Gasteiger charge is 2.39. The quantitative estimate of drug-likeness (QED) is 0.326. The average molecular weight is 437 g/mol. The van der Waals surface area contributed by atoms with Crippen LogP contribution in [0.4, 0.5) is 0 Å². The molecule has 11 heteroatoms. The van der Waals surface area contributed by atoms with Crippen LogP contribution in [-0.2, 0) is 25.6 Å². The molecule has 1 fully saturated rings. The zero-order valence-electron chi connectivity index (χ0n) is 18.1. The summed E-state index contributed by atoms with van der Waals surface area (Å²) in [6.45, 7) is 5.75. The highest BCUT2D eigenvalue weighted by atomic mass is 16.4. The number of likely N-dealkylation sites (tertiary alicyclic amines) is 1. The van der Waals surface area contributed by atoms with Gasteiger partial charge in [-0.25, -0.2) is 9.78 Å². The van der Waals surface area contributed by atoms with Crippen molar-refractivity contribution in [2.24, 2.45) is 11.7 Å². The summed E-state index contributed by atoms with van der Waals surface area (Å²) in [6.07, 6.45) is 4.40. The first kappa shape index (κ1) is 24.3. The summed E-state index contributed by atoms with van der Waals surface area (Å²) < 4.78 is 0. The fourth-order valence-electron chi connectivity index (χ4n) is 3.58. The summed E-state index contributed by atoms with van der Waals surface area (Å²) in [4.78, 5) is 57.9. The average Bonchev–Trinajstić information content (AvgIpc) is 3.37. The van der Waals surface area contributed by atoms with Gasteiger partial charge in [-0.2, -0.15) is 0 Å². The highest BCUT2D eigenvalue weighted by molar-refractivity contribution is 5.94. The zero-order chi connectivity index (χ0) is 23.1. The van der Waals surface area contributed by atoms with E-state index in [0.717, 1.165) is 0 Å². The molecule has 6 N–H and O–H groups in total. The first-order chi connectivity index (χ1) is 14.6. The van der Waals surface area contributed by atoms with Gasteiger partial charge in [-0.3, -0.25) is 14.4 Å². The molecule has 31 heavy (non-hydrogen) atoms. The molecule has 0 aliphatic carbocycles. The normalized spacial score (nSPS) is 19.0. The van der Waals surface area contributed by atoms with Gasteiger partial charge < -0.3 is 31.4 Å². The number of aromatic amines is 1. The van der Waals surface area contributed by atoms with Crippen LogP contribution in [0, 0.1) is 5.92 Å². The lowest BCUT2D eigenvalue weighted by atomic mass is 10.0. The molecule has 1 aromatic rings. The number of hydrogen-bond acceptors (Lipinski definition) is 6. The van der Waals surface area contributed by atoms with E-state index >= 15 is 0 Å². The highest BCUT2D eigenvalue weighted by Crippen LogP contribution is 2.21. The third kappa shape index (κ3) is 6.78. The third-order valence-electron chi connectivity index (χ3n) is 5.17. The van der Waals surface area contributed by atoms with Crippen LogP contribution in [0.5, 0.6) is 0 Å². The fraction of sp³-hybridized carbons (Fsp3) is 0.650. The molecule has 0 radical (unpaired) electrons. The number of carboxylic acids is 1. The van der Waals surface area contributed by atoms with Crippen molar-refractivity contribution in [1.29, 1.82) is 0 Å². The standard InChI is InChI=1S/C20H32N6O5/c1-11(2)7-14(24-17(27)12(3)21)19(29)26-6-4-5-16(26)18(28)25-15(20(30)31)8-13-9-22-10-23-13/h9-12,14-16H,4-8,21H2,1-3H3,(H,22,23)(H,24,27)(H,25,28)(H,30,31)/t12-,14-,15-,16-/m0/s1. The number of aliphatic carboxylic acids is 1. The molecule has 2 heterocycles. The van der Waals surface area contributed by atoms with E-state index in [2.05, 4.69) is 20.6 Å². The van der Waals surface area contributed by atoms with E-state index in [-0.39, 0.29) is 18.2 Å². The molecule has 172 valence electrons. The smallest absolute Gasteiger partial charge is 0.326 e. The topological polar surface area (TPSA) is 171 Å². The predicted octanol–water partition coefficient (Wildman–Crippen LogP) is -0.609. The van der Waals surface area contributed by atoms with Crippen molar-refractivity contribution in [3.05, 3.63) is 18.2 Å². The maximum Gasteiger partial charge on any atom is 0.326 e. The summed E-state index contributed by atoms with van der Waals surface area (Å²) in [5.41, 5.74) is 6.19. The van der Waals surface area contributed by atoms with E-state index in [4.69, 9.17) is 5.73 Å². The number of carbonyl (C=O) groups excluding carboxylic acids is 3. The van der Waals surface area contributed by atoms with Crippen molar-refractivity contribution < 1.29 is 24.3 Å². The van der Waals surface area contributed by atoms with Gasteiger partial charge in [0.05, 0.1) is 12.4 Å². The number of nitrogens with one attached hydrogen (secondary N) is 3.